The highest BCUT2D eigenvalue weighted by molar-refractivity contribution is 7.09. The standard InChI is InChI=1S/C21H27N3O3S/c1-14(2)17-12-28-20(23-17)11-24-7-3-4-15(10-24)9-22-21(25)16-5-6-18-19(8-16)27-13-26-18/h5-6,8,12,14-15H,3-4,7,9-11,13H2,1-2H3,(H,22,25)/t15-/m0/s1. The number of rotatable bonds is 6. The van der Waals surface area contributed by atoms with Gasteiger partial charge in [0, 0.05) is 24.0 Å². The van der Waals surface area contributed by atoms with Gasteiger partial charge in [0.05, 0.1) is 12.2 Å². The third kappa shape index (κ3) is 4.47. The first-order valence-corrected chi connectivity index (χ1v) is 10.8. The molecule has 2 aliphatic heterocycles. The largest absolute Gasteiger partial charge is 0.454 e. The van der Waals surface area contributed by atoms with Gasteiger partial charge in [0.15, 0.2) is 11.5 Å². The fourth-order valence-corrected chi connectivity index (χ4v) is 4.69. The second-order valence-corrected chi connectivity index (χ2v) is 8.78. The molecule has 28 heavy (non-hydrogen) atoms. The molecule has 3 heterocycles. The Balaban J connectivity index is 1.28. The van der Waals surface area contributed by atoms with E-state index in [4.69, 9.17) is 14.5 Å². The average molecular weight is 402 g/mol. The van der Waals surface area contributed by atoms with E-state index in [1.165, 1.54) is 10.7 Å². The molecule has 0 spiro atoms. The van der Waals surface area contributed by atoms with Gasteiger partial charge in [-0.25, -0.2) is 4.98 Å². The molecule has 4 rings (SSSR count). The number of fused-ring (bicyclic) bond motifs is 1. The highest BCUT2D eigenvalue weighted by atomic mass is 32.1. The molecule has 1 N–H and O–H groups in total. The quantitative estimate of drug-likeness (QED) is 0.801. The van der Waals surface area contributed by atoms with Crippen LogP contribution in [-0.2, 0) is 6.54 Å². The third-order valence-corrected chi connectivity index (χ3v) is 6.16. The molecule has 0 aliphatic carbocycles. The van der Waals surface area contributed by atoms with Crippen LogP contribution in [0.1, 0.15) is 53.7 Å². The Morgan fingerprint density at radius 3 is 3.04 bits per heavy atom. The number of likely N-dealkylation sites (tertiary alicyclic amines) is 1. The lowest BCUT2D eigenvalue weighted by molar-refractivity contribution is 0.0930. The first-order chi connectivity index (χ1) is 13.6. The van der Waals surface area contributed by atoms with Crippen molar-refractivity contribution >= 4 is 17.2 Å². The summed E-state index contributed by atoms with van der Waals surface area (Å²) in [5, 5.41) is 6.45. The molecule has 1 saturated heterocycles. The lowest BCUT2D eigenvalue weighted by Gasteiger charge is -2.32. The Kier molecular flexibility index (Phi) is 5.82. The van der Waals surface area contributed by atoms with Crippen LogP contribution < -0.4 is 14.8 Å². The van der Waals surface area contributed by atoms with Gasteiger partial charge in [0.2, 0.25) is 6.79 Å². The van der Waals surface area contributed by atoms with Crippen molar-refractivity contribution in [2.24, 2.45) is 5.92 Å². The van der Waals surface area contributed by atoms with E-state index in [2.05, 4.69) is 29.4 Å². The maximum atomic E-state index is 12.5. The summed E-state index contributed by atoms with van der Waals surface area (Å²) in [4.78, 5) is 19.7. The van der Waals surface area contributed by atoms with Crippen LogP contribution in [0, 0.1) is 5.92 Å². The zero-order chi connectivity index (χ0) is 19.5. The van der Waals surface area contributed by atoms with Gasteiger partial charge in [0.1, 0.15) is 5.01 Å². The molecule has 0 unspecified atom stereocenters. The maximum absolute atomic E-state index is 12.5. The van der Waals surface area contributed by atoms with Gasteiger partial charge >= 0.3 is 0 Å². The van der Waals surface area contributed by atoms with Crippen molar-refractivity contribution in [1.29, 1.82) is 0 Å². The number of benzene rings is 1. The van der Waals surface area contributed by atoms with E-state index in [0.29, 0.717) is 35.4 Å². The van der Waals surface area contributed by atoms with E-state index in [9.17, 15) is 4.79 Å². The predicted molar refractivity (Wildman–Crippen MR) is 109 cm³/mol. The predicted octanol–water partition coefficient (Wildman–Crippen LogP) is 3.64. The van der Waals surface area contributed by atoms with Crippen LogP contribution in [-0.4, -0.2) is 42.2 Å². The number of nitrogens with one attached hydrogen (secondary N) is 1. The molecule has 0 radical (unpaired) electrons. The molecular formula is C21H27N3O3S. The number of amides is 1. The van der Waals surface area contributed by atoms with Crippen molar-refractivity contribution in [3.8, 4) is 11.5 Å². The average Bonchev–Trinajstić information content (AvgIpc) is 3.35. The molecule has 6 nitrogen and oxygen atoms in total. The molecular weight excluding hydrogens is 374 g/mol. The van der Waals surface area contributed by atoms with E-state index in [1.807, 2.05) is 0 Å². The van der Waals surface area contributed by atoms with Crippen LogP contribution in [0.25, 0.3) is 0 Å². The third-order valence-electron chi connectivity index (χ3n) is 5.31. The summed E-state index contributed by atoms with van der Waals surface area (Å²) >= 11 is 1.75. The monoisotopic (exact) mass is 401 g/mol. The minimum absolute atomic E-state index is 0.0584. The Labute approximate surface area is 169 Å². The molecule has 2 aromatic rings. The Morgan fingerprint density at radius 2 is 2.21 bits per heavy atom. The molecule has 2 aliphatic rings. The first-order valence-electron chi connectivity index (χ1n) is 9.93. The van der Waals surface area contributed by atoms with Crippen LogP contribution in [0.2, 0.25) is 0 Å². The number of hydrogen-bond acceptors (Lipinski definition) is 6. The number of carbonyl (C=O) groups excluding carboxylic acids is 1. The molecule has 0 saturated carbocycles. The van der Waals surface area contributed by atoms with Crippen molar-refractivity contribution in [2.45, 2.75) is 39.2 Å². The molecule has 1 aromatic heterocycles. The fraction of sp³-hybridized carbons (Fsp3) is 0.524. The van der Waals surface area contributed by atoms with Crippen LogP contribution in [0.4, 0.5) is 0 Å². The van der Waals surface area contributed by atoms with Gasteiger partial charge in [-0.05, 0) is 49.4 Å². The van der Waals surface area contributed by atoms with Gasteiger partial charge in [0.25, 0.3) is 5.91 Å². The highest BCUT2D eigenvalue weighted by Gasteiger charge is 2.22. The topological polar surface area (TPSA) is 63.7 Å². The second kappa shape index (κ2) is 8.49. The van der Waals surface area contributed by atoms with Crippen molar-refractivity contribution in [2.75, 3.05) is 26.4 Å². The van der Waals surface area contributed by atoms with E-state index < -0.39 is 0 Å². The molecule has 150 valence electrons. The van der Waals surface area contributed by atoms with Crippen LogP contribution in [0.15, 0.2) is 23.6 Å². The van der Waals surface area contributed by atoms with E-state index >= 15 is 0 Å². The number of carbonyl (C=O) groups is 1. The highest BCUT2D eigenvalue weighted by Crippen LogP contribution is 2.32. The number of hydrogen-bond donors (Lipinski definition) is 1. The van der Waals surface area contributed by atoms with E-state index in [0.717, 1.165) is 32.5 Å². The summed E-state index contributed by atoms with van der Waals surface area (Å²) in [7, 11) is 0. The molecule has 7 heteroatoms. The van der Waals surface area contributed by atoms with Gasteiger partial charge in [-0.2, -0.15) is 0 Å². The van der Waals surface area contributed by atoms with Crippen LogP contribution in [0.5, 0.6) is 11.5 Å². The first kappa shape index (κ1) is 19.2. The second-order valence-electron chi connectivity index (χ2n) is 7.84. The molecule has 1 amide bonds. The molecule has 1 aromatic carbocycles. The number of ether oxygens (including phenoxy) is 2. The zero-order valence-electron chi connectivity index (χ0n) is 16.4. The van der Waals surface area contributed by atoms with Crippen LogP contribution in [0.3, 0.4) is 0 Å². The van der Waals surface area contributed by atoms with Crippen LogP contribution >= 0.6 is 11.3 Å². The molecule has 1 atom stereocenters. The van der Waals surface area contributed by atoms with Crippen molar-refractivity contribution in [3.05, 3.63) is 39.8 Å². The summed E-state index contributed by atoms with van der Waals surface area (Å²) in [6.07, 6.45) is 2.31. The fourth-order valence-electron chi connectivity index (χ4n) is 3.69. The van der Waals surface area contributed by atoms with Gasteiger partial charge in [-0.15, -0.1) is 11.3 Å². The Hall–Kier alpha value is -2.12. The maximum Gasteiger partial charge on any atom is 0.251 e. The summed E-state index contributed by atoms with van der Waals surface area (Å²) in [6.45, 7) is 8.28. The van der Waals surface area contributed by atoms with Gasteiger partial charge < -0.3 is 14.8 Å². The Morgan fingerprint density at radius 1 is 1.36 bits per heavy atom. The van der Waals surface area contributed by atoms with Crippen molar-refractivity contribution in [1.82, 2.24) is 15.2 Å². The minimum atomic E-state index is -0.0584. The number of thiazole rings is 1. The lowest BCUT2D eigenvalue weighted by atomic mass is 9.98. The summed E-state index contributed by atoms with van der Waals surface area (Å²) in [6, 6.07) is 5.32. The summed E-state index contributed by atoms with van der Waals surface area (Å²) < 4.78 is 10.7. The Bertz CT molecular complexity index is 836. The number of aromatic nitrogens is 1. The van der Waals surface area contributed by atoms with E-state index in [1.54, 1.807) is 29.5 Å². The summed E-state index contributed by atoms with van der Waals surface area (Å²) in [5.74, 6) is 2.22. The minimum Gasteiger partial charge on any atom is -0.454 e. The SMILES string of the molecule is CC(C)c1csc(CN2CCC[C@@H](CNC(=O)c3ccc4c(c3)OCO4)C2)n1. The zero-order valence-corrected chi connectivity index (χ0v) is 17.3. The smallest absolute Gasteiger partial charge is 0.251 e. The lowest BCUT2D eigenvalue weighted by Crippen LogP contribution is -2.40. The molecule has 1 fully saturated rings. The van der Waals surface area contributed by atoms with Gasteiger partial charge in [-0.1, -0.05) is 13.8 Å². The number of nitrogens with zero attached hydrogens (tertiary/aromatic N) is 2. The van der Waals surface area contributed by atoms with Crippen molar-refractivity contribution in [3.63, 3.8) is 0 Å². The normalized spacial score (nSPS) is 19.2. The summed E-state index contributed by atoms with van der Waals surface area (Å²) in [5.41, 5.74) is 1.80. The van der Waals surface area contributed by atoms with Crippen molar-refractivity contribution < 1.29 is 14.3 Å². The molecule has 0 bridgehead atoms. The van der Waals surface area contributed by atoms with E-state index in [-0.39, 0.29) is 12.7 Å². The number of piperidine rings is 1. The van der Waals surface area contributed by atoms with Gasteiger partial charge in [-0.3, -0.25) is 9.69 Å².